The molecule has 0 aliphatic rings. The summed E-state index contributed by atoms with van der Waals surface area (Å²) >= 11 is 0. The molecule has 1 heterocycles. The Balaban J connectivity index is 1.19. The van der Waals surface area contributed by atoms with Crippen molar-refractivity contribution in [1.29, 1.82) is 0 Å². The molecule has 5 heteroatoms. The molecule has 0 spiro atoms. The van der Waals surface area contributed by atoms with Crippen LogP contribution in [0.1, 0.15) is 23.1 Å². The molecule has 0 radical (unpaired) electrons. The predicted molar refractivity (Wildman–Crippen MR) is 129 cm³/mol. The minimum Gasteiger partial charge on any atom is -0.489 e. The summed E-state index contributed by atoms with van der Waals surface area (Å²) in [5.74, 6) is 0.931. The number of hydrogen-bond acceptors (Lipinski definition) is 4. The molecule has 164 valence electrons. The molecule has 0 fully saturated rings. The number of rotatable bonds is 10. The number of aromatic nitrogens is 2. The minimum absolute atomic E-state index is 0.0284. The van der Waals surface area contributed by atoms with E-state index >= 15 is 0 Å². The molecule has 4 rings (SSSR count). The summed E-state index contributed by atoms with van der Waals surface area (Å²) in [6.07, 6.45) is 3.48. The van der Waals surface area contributed by atoms with Crippen molar-refractivity contribution in [3.8, 4) is 5.75 Å². The summed E-state index contributed by atoms with van der Waals surface area (Å²) in [6, 6.07) is 24.1. The lowest BCUT2D eigenvalue weighted by Crippen LogP contribution is -2.24. The third-order valence-electron chi connectivity index (χ3n) is 5.55. The summed E-state index contributed by atoms with van der Waals surface area (Å²) in [5.41, 5.74) is 4.39. The second kappa shape index (κ2) is 10.7. The molecule has 0 amide bonds. The zero-order valence-corrected chi connectivity index (χ0v) is 18.5. The van der Waals surface area contributed by atoms with Gasteiger partial charge in [0, 0.05) is 6.54 Å². The van der Waals surface area contributed by atoms with Crippen LogP contribution >= 0.6 is 0 Å². The molecule has 1 aromatic heterocycles. The van der Waals surface area contributed by atoms with Gasteiger partial charge in [0.2, 0.25) is 0 Å². The van der Waals surface area contributed by atoms with Gasteiger partial charge in [-0.2, -0.15) is 0 Å². The molecule has 1 N–H and O–H groups in total. The lowest BCUT2D eigenvalue weighted by atomic mass is 10.1. The molecular weight excluding hydrogens is 398 g/mol. The van der Waals surface area contributed by atoms with Crippen molar-refractivity contribution >= 4 is 10.9 Å². The van der Waals surface area contributed by atoms with Gasteiger partial charge >= 0.3 is 0 Å². The topological polar surface area (TPSA) is 56.2 Å². The SMILES string of the molecule is Cc1cc(CCNCCCn2cnc3ccccc3c2=O)ccc1OCc1ccccc1. The maximum absolute atomic E-state index is 12.5. The van der Waals surface area contributed by atoms with E-state index < -0.39 is 0 Å². The molecule has 0 bridgehead atoms. The lowest BCUT2D eigenvalue weighted by Gasteiger charge is -2.11. The van der Waals surface area contributed by atoms with Gasteiger partial charge in [0.25, 0.3) is 5.56 Å². The first-order valence-corrected chi connectivity index (χ1v) is 11.1. The van der Waals surface area contributed by atoms with Crippen molar-refractivity contribution in [3.05, 3.63) is 106 Å². The summed E-state index contributed by atoms with van der Waals surface area (Å²) in [7, 11) is 0. The Hall–Kier alpha value is -3.44. The second-order valence-electron chi connectivity index (χ2n) is 7.99. The van der Waals surface area contributed by atoms with Crippen molar-refractivity contribution in [2.24, 2.45) is 0 Å². The number of fused-ring (bicyclic) bond motifs is 1. The van der Waals surface area contributed by atoms with Gasteiger partial charge in [-0.25, -0.2) is 4.98 Å². The van der Waals surface area contributed by atoms with Gasteiger partial charge < -0.3 is 10.1 Å². The zero-order valence-electron chi connectivity index (χ0n) is 18.5. The Labute approximate surface area is 188 Å². The largest absolute Gasteiger partial charge is 0.489 e. The fraction of sp³-hybridized carbons (Fsp3) is 0.259. The number of nitrogens with zero attached hydrogens (tertiary/aromatic N) is 2. The van der Waals surface area contributed by atoms with Crippen molar-refractivity contribution in [2.75, 3.05) is 13.1 Å². The summed E-state index contributed by atoms with van der Waals surface area (Å²) in [5, 5.41) is 4.15. The Morgan fingerprint density at radius 3 is 2.59 bits per heavy atom. The Morgan fingerprint density at radius 1 is 0.938 bits per heavy atom. The van der Waals surface area contributed by atoms with Gasteiger partial charge in [0.05, 0.1) is 17.2 Å². The third kappa shape index (κ3) is 5.62. The smallest absolute Gasteiger partial charge is 0.261 e. The van der Waals surface area contributed by atoms with E-state index in [0.717, 1.165) is 42.8 Å². The van der Waals surface area contributed by atoms with E-state index in [1.54, 1.807) is 10.9 Å². The fourth-order valence-corrected chi connectivity index (χ4v) is 3.76. The normalized spacial score (nSPS) is 11.0. The molecule has 5 nitrogen and oxygen atoms in total. The molecule has 32 heavy (non-hydrogen) atoms. The summed E-state index contributed by atoms with van der Waals surface area (Å²) < 4.78 is 7.66. The first kappa shape index (κ1) is 21.8. The minimum atomic E-state index is 0.0284. The van der Waals surface area contributed by atoms with Crippen LogP contribution in [-0.2, 0) is 19.6 Å². The van der Waals surface area contributed by atoms with E-state index in [1.807, 2.05) is 42.5 Å². The van der Waals surface area contributed by atoms with Crippen LogP contribution in [0.3, 0.4) is 0 Å². The van der Waals surface area contributed by atoms with Crippen molar-refractivity contribution in [2.45, 2.75) is 32.9 Å². The number of para-hydroxylation sites is 1. The van der Waals surface area contributed by atoms with Crippen molar-refractivity contribution in [1.82, 2.24) is 14.9 Å². The second-order valence-corrected chi connectivity index (χ2v) is 7.99. The third-order valence-corrected chi connectivity index (χ3v) is 5.55. The van der Waals surface area contributed by atoms with Crippen LogP contribution in [-0.4, -0.2) is 22.6 Å². The zero-order chi connectivity index (χ0) is 22.2. The predicted octanol–water partition coefficient (Wildman–Crippen LogP) is 4.51. The Morgan fingerprint density at radius 2 is 1.75 bits per heavy atom. The Bertz CT molecular complexity index is 1220. The average Bonchev–Trinajstić information content (AvgIpc) is 2.83. The quantitative estimate of drug-likeness (QED) is 0.379. The van der Waals surface area contributed by atoms with Crippen molar-refractivity contribution < 1.29 is 4.74 Å². The molecule has 0 saturated carbocycles. The van der Waals surface area contributed by atoms with Crippen LogP contribution < -0.4 is 15.6 Å². The number of benzene rings is 3. The standard InChI is InChI=1S/C27H29N3O2/c1-21-18-22(12-13-26(21)32-19-23-8-3-2-4-9-23)14-16-28-15-7-17-30-20-29-25-11-6-5-10-24(25)27(30)31/h2-6,8-13,18,20,28H,7,14-17,19H2,1H3. The molecule has 0 aliphatic heterocycles. The molecule has 0 saturated heterocycles. The number of aryl methyl sites for hydroxylation is 2. The molecular formula is C27H29N3O2. The number of hydrogen-bond donors (Lipinski definition) is 1. The lowest BCUT2D eigenvalue weighted by molar-refractivity contribution is 0.304. The highest BCUT2D eigenvalue weighted by Crippen LogP contribution is 2.20. The number of ether oxygens (including phenoxy) is 1. The maximum Gasteiger partial charge on any atom is 0.261 e. The van der Waals surface area contributed by atoms with Gasteiger partial charge in [-0.05, 0) is 67.7 Å². The maximum atomic E-state index is 12.5. The van der Waals surface area contributed by atoms with Crippen LogP contribution in [0.2, 0.25) is 0 Å². The van der Waals surface area contributed by atoms with Crippen molar-refractivity contribution in [3.63, 3.8) is 0 Å². The highest BCUT2D eigenvalue weighted by molar-refractivity contribution is 5.76. The van der Waals surface area contributed by atoms with E-state index in [0.29, 0.717) is 18.5 Å². The van der Waals surface area contributed by atoms with E-state index in [9.17, 15) is 4.79 Å². The van der Waals surface area contributed by atoms with E-state index in [-0.39, 0.29) is 5.56 Å². The Kier molecular flexibility index (Phi) is 7.31. The molecule has 0 aliphatic carbocycles. The molecule has 0 atom stereocenters. The first-order valence-electron chi connectivity index (χ1n) is 11.1. The highest BCUT2D eigenvalue weighted by Gasteiger charge is 2.04. The fourth-order valence-electron chi connectivity index (χ4n) is 3.76. The van der Waals surface area contributed by atoms with Crippen LogP contribution in [0.4, 0.5) is 0 Å². The highest BCUT2D eigenvalue weighted by atomic mass is 16.5. The summed E-state index contributed by atoms with van der Waals surface area (Å²) in [4.78, 5) is 16.9. The molecule has 3 aromatic carbocycles. The van der Waals surface area contributed by atoms with E-state index in [1.165, 1.54) is 11.1 Å². The van der Waals surface area contributed by atoms with Crippen LogP contribution in [0.5, 0.6) is 5.75 Å². The average molecular weight is 428 g/mol. The molecule has 0 unspecified atom stereocenters. The van der Waals surface area contributed by atoms with Crippen LogP contribution in [0.25, 0.3) is 10.9 Å². The summed E-state index contributed by atoms with van der Waals surface area (Å²) in [6.45, 7) is 5.09. The number of nitrogens with one attached hydrogen (secondary N) is 1. The van der Waals surface area contributed by atoms with E-state index in [4.69, 9.17) is 4.74 Å². The monoisotopic (exact) mass is 427 g/mol. The van der Waals surface area contributed by atoms with Gasteiger partial charge in [-0.1, -0.05) is 54.6 Å². The van der Waals surface area contributed by atoms with Crippen LogP contribution in [0.15, 0.2) is 83.9 Å². The first-order chi connectivity index (χ1) is 15.7. The molecule has 4 aromatic rings. The van der Waals surface area contributed by atoms with Gasteiger partial charge in [-0.3, -0.25) is 9.36 Å². The van der Waals surface area contributed by atoms with Gasteiger partial charge in [-0.15, -0.1) is 0 Å². The van der Waals surface area contributed by atoms with E-state index in [2.05, 4.69) is 47.6 Å². The van der Waals surface area contributed by atoms with Gasteiger partial charge in [0.1, 0.15) is 12.4 Å². The van der Waals surface area contributed by atoms with Crippen LogP contribution in [0, 0.1) is 6.92 Å². The van der Waals surface area contributed by atoms with Gasteiger partial charge in [0.15, 0.2) is 0 Å².